The van der Waals surface area contributed by atoms with Gasteiger partial charge in [-0.3, -0.25) is 9.78 Å². The van der Waals surface area contributed by atoms with E-state index in [1.54, 1.807) is 24.8 Å². The third kappa shape index (κ3) is 3.59. The van der Waals surface area contributed by atoms with Crippen molar-refractivity contribution in [1.82, 2.24) is 19.5 Å². The standard InChI is InChI=1S/C20H22N6O2/c1-14-11-17(15(2)26(14)19-13-21-5-6-22-19)20(27)24-18-4-3-16(12-23-18)25-7-9-28-10-8-25/h3-6,11-13H,7-10H2,1-2H3,(H,23,24,27). The summed E-state index contributed by atoms with van der Waals surface area (Å²) in [6.07, 6.45) is 6.71. The zero-order valence-electron chi connectivity index (χ0n) is 15.9. The summed E-state index contributed by atoms with van der Waals surface area (Å²) >= 11 is 0. The Kier molecular flexibility index (Phi) is 5.03. The summed E-state index contributed by atoms with van der Waals surface area (Å²) in [6.45, 7) is 6.97. The van der Waals surface area contributed by atoms with Gasteiger partial charge in [0.2, 0.25) is 0 Å². The number of aromatic nitrogens is 4. The normalized spacial score (nSPS) is 14.1. The molecule has 1 aliphatic rings. The molecule has 0 radical (unpaired) electrons. The van der Waals surface area contributed by atoms with Gasteiger partial charge in [-0.15, -0.1) is 0 Å². The predicted octanol–water partition coefficient (Wildman–Crippen LogP) is 2.37. The smallest absolute Gasteiger partial charge is 0.258 e. The molecule has 1 N–H and O–H groups in total. The fourth-order valence-corrected chi connectivity index (χ4v) is 3.40. The number of nitrogens with zero attached hydrogens (tertiary/aromatic N) is 5. The van der Waals surface area contributed by atoms with E-state index in [1.807, 2.05) is 36.6 Å². The van der Waals surface area contributed by atoms with E-state index in [2.05, 4.69) is 25.2 Å². The molecule has 4 rings (SSSR count). The van der Waals surface area contributed by atoms with Crippen molar-refractivity contribution in [3.8, 4) is 5.82 Å². The summed E-state index contributed by atoms with van der Waals surface area (Å²) in [7, 11) is 0. The molecule has 1 saturated heterocycles. The molecule has 0 atom stereocenters. The second kappa shape index (κ2) is 7.77. The molecule has 144 valence electrons. The van der Waals surface area contributed by atoms with Gasteiger partial charge >= 0.3 is 0 Å². The van der Waals surface area contributed by atoms with E-state index in [4.69, 9.17) is 4.74 Å². The van der Waals surface area contributed by atoms with Crippen molar-refractivity contribution in [1.29, 1.82) is 0 Å². The highest BCUT2D eigenvalue weighted by atomic mass is 16.5. The van der Waals surface area contributed by atoms with Crippen molar-refractivity contribution in [3.63, 3.8) is 0 Å². The molecule has 0 saturated carbocycles. The molecule has 0 unspecified atom stereocenters. The molecule has 28 heavy (non-hydrogen) atoms. The van der Waals surface area contributed by atoms with Gasteiger partial charge in [-0.1, -0.05) is 0 Å². The lowest BCUT2D eigenvalue weighted by Crippen LogP contribution is -2.36. The van der Waals surface area contributed by atoms with Gasteiger partial charge in [0.05, 0.1) is 36.9 Å². The lowest BCUT2D eigenvalue weighted by Gasteiger charge is -2.28. The number of aryl methyl sites for hydroxylation is 1. The van der Waals surface area contributed by atoms with Gasteiger partial charge in [0, 0.05) is 36.9 Å². The number of carbonyl (C=O) groups is 1. The Morgan fingerprint density at radius 1 is 1.11 bits per heavy atom. The van der Waals surface area contributed by atoms with Crippen molar-refractivity contribution >= 4 is 17.4 Å². The minimum absolute atomic E-state index is 0.199. The van der Waals surface area contributed by atoms with Gasteiger partial charge < -0.3 is 19.5 Å². The topological polar surface area (TPSA) is 85.2 Å². The maximum atomic E-state index is 12.8. The number of anilines is 2. The van der Waals surface area contributed by atoms with Gasteiger partial charge in [-0.2, -0.15) is 0 Å². The Hall–Kier alpha value is -3.26. The summed E-state index contributed by atoms with van der Waals surface area (Å²) in [6, 6.07) is 5.64. The Morgan fingerprint density at radius 3 is 2.61 bits per heavy atom. The second-order valence-corrected chi connectivity index (χ2v) is 6.64. The number of carbonyl (C=O) groups excluding carboxylic acids is 1. The van der Waals surface area contributed by atoms with Gasteiger partial charge in [-0.25, -0.2) is 9.97 Å². The average Bonchev–Trinajstić information content (AvgIpc) is 3.04. The van der Waals surface area contributed by atoms with Gasteiger partial charge in [0.25, 0.3) is 5.91 Å². The van der Waals surface area contributed by atoms with E-state index in [1.165, 1.54) is 0 Å². The first kappa shape index (κ1) is 18.1. The first-order valence-corrected chi connectivity index (χ1v) is 9.19. The number of pyridine rings is 1. The van der Waals surface area contributed by atoms with Crippen LogP contribution in [0.25, 0.3) is 5.82 Å². The SMILES string of the molecule is Cc1cc(C(=O)Nc2ccc(N3CCOCC3)cn2)c(C)n1-c1cnccn1. The summed E-state index contributed by atoms with van der Waals surface area (Å²) in [4.78, 5) is 27.8. The van der Waals surface area contributed by atoms with Gasteiger partial charge in [0.15, 0.2) is 5.82 Å². The molecular formula is C20H22N6O2. The maximum Gasteiger partial charge on any atom is 0.258 e. The summed E-state index contributed by atoms with van der Waals surface area (Å²) < 4.78 is 7.29. The number of hydrogen-bond acceptors (Lipinski definition) is 6. The number of amides is 1. The number of nitrogens with one attached hydrogen (secondary N) is 1. The summed E-state index contributed by atoms with van der Waals surface area (Å²) in [5, 5.41) is 2.88. The van der Waals surface area contributed by atoms with Crippen molar-refractivity contribution < 1.29 is 9.53 Å². The van der Waals surface area contributed by atoms with E-state index in [0.29, 0.717) is 17.2 Å². The minimum Gasteiger partial charge on any atom is -0.378 e. The fourth-order valence-electron chi connectivity index (χ4n) is 3.40. The molecule has 1 amide bonds. The van der Waals surface area contributed by atoms with Crippen LogP contribution in [0.4, 0.5) is 11.5 Å². The molecule has 0 bridgehead atoms. The van der Waals surface area contributed by atoms with Crippen LogP contribution in [-0.2, 0) is 4.74 Å². The lowest BCUT2D eigenvalue weighted by atomic mass is 10.2. The zero-order chi connectivity index (χ0) is 19.5. The van der Waals surface area contributed by atoms with E-state index in [-0.39, 0.29) is 5.91 Å². The zero-order valence-corrected chi connectivity index (χ0v) is 15.9. The Balaban J connectivity index is 1.51. The predicted molar refractivity (Wildman–Crippen MR) is 106 cm³/mol. The maximum absolute atomic E-state index is 12.8. The molecule has 0 aromatic carbocycles. The Bertz CT molecular complexity index is 962. The van der Waals surface area contributed by atoms with Crippen LogP contribution in [0.15, 0.2) is 43.0 Å². The number of morpholine rings is 1. The number of rotatable bonds is 4. The molecule has 0 aliphatic carbocycles. The Labute approximate surface area is 163 Å². The van der Waals surface area contributed by atoms with Crippen LogP contribution in [-0.4, -0.2) is 51.7 Å². The highest BCUT2D eigenvalue weighted by molar-refractivity contribution is 6.05. The van der Waals surface area contributed by atoms with Crippen LogP contribution >= 0.6 is 0 Å². The quantitative estimate of drug-likeness (QED) is 0.750. The highest BCUT2D eigenvalue weighted by Gasteiger charge is 2.18. The monoisotopic (exact) mass is 378 g/mol. The highest BCUT2D eigenvalue weighted by Crippen LogP contribution is 2.21. The van der Waals surface area contributed by atoms with Crippen LogP contribution in [0.5, 0.6) is 0 Å². The van der Waals surface area contributed by atoms with Crippen LogP contribution in [0.2, 0.25) is 0 Å². The van der Waals surface area contributed by atoms with Crippen molar-refractivity contribution in [2.75, 3.05) is 36.5 Å². The number of hydrogen-bond donors (Lipinski definition) is 1. The second-order valence-electron chi connectivity index (χ2n) is 6.64. The minimum atomic E-state index is -0.199. The molecule has 3 aromatic rings. The van der Waals surface area contributed by atoms with Crippen molar-refractivity contribution in [2.24, 2.45) is 0 Å². The molecule has 1 fully saturated rings. The largest absolute Gasteiger partial charge is 0.378 e. The molecule has 0 spiro atoms. The van der Waals surface area contributed by atoms with E-state index < -0.39 is 0 Å². The average molecular weight is 378 g/mol. The summed E-state index contributed by atoms with van der Waals surface area (Å²) in [5.74, 6) is 1.01. The molecule has 1 aliphatic heterocycles. The van der Waals surface area contributed by atoms with Crippen LogP contribution < -0.4 is 10.2 Å². The third-order valence-electron chi connectivity index (χ3n) is 4.82. The summed E-state index contributed by atoms with van der Waals surface area (Å²) in [5.41, 5.74) is 3.34. The van der Waals surface area contributed by atoms with Gasteiger partial charge in [0.1, 0.15) is 5.82 Å². The first-order valence-electron chi connectivity index (χ1n) is 9.19. The van der Waals surface area contributed by atoms with Crippen LogP contribution in [0.1, 0.15) is 21.7 Å². The van der Waals surface area contributed by atoms with Crippen LogP contribution in [0.3, 0.4) is 0 Å². The number of ether oxygens (including phenoxy) is 1. The van der Waals surface area contributed by atoms with Gasteiger partial charge in [-0.05, 0) is 32.0 Å². The van der Waals surface area contributed by atoms with Crippen molar-refractivity contribution in [3.05, 3.63) is 59.9 Å². The molecule has 3 aromatic heterocycles. The van der Waals surface area contributed by atoms with E-state index >= 15 is 0 Å². The van der Waals surface area contributed by atoms with E-state index in [0.717, 1.165) is 43.4 Å². The first-order chi connectivity index (χ1) is 13.6. The molecule has 8 heteroatoms. The molecular weight excluding hydrogens is 356 g/mol. The van der Waals surface area contributed by atoms with Crippen LogP contribution in [0, 0.1) is 13.8 Å². The van der Waals surface area contributed by atoms with Crippen molar-refractivity contribution in [2.45, 2.75) is 13.8 Å². The molecule has 4 heterocycles. The third-order valence-corrected chi connectivity index (χ3v) is 4.82. The Morgan fingerprint density at radius 2 is 1.93 bits per heavy atom. The molecule has 8 nitrogen and oxygen atoms in total. The fraction of sp³-hybridized carbons (Fsp3) is 0.300. The van der Waals surface area contributed by atoms with E-state index in [9.17, 15) is 4.79 Å². The lowest BCUT2D eigenvalue weighted by molar-refractivity contribution is 0.102.